The van der Waals surface area contributed by atoms with E-state index in [9.17, 15) is 9.59 Å². The molecule has 0 spiro atoms. The predicted molar refractivity (Wildman–Crippen MR) is 88.4 cm³/mol. The Hall–Kier alpha value is -1.18. The maximum atomic E-state index is 12.4. The van der Waals surface area contributed by atoms with Gasteiger partial charge in [0.05, 0.1) is 5.92 Å². The Labute approximate surface area is 140 Å². The fourth-order valence-electron chi connectivity index (χ4n) is 2.42. The maximum Gasteiger partial charge on any atom is 0.289 e. The van der Waals surface area contributed by atoms with Gasteiger partial charge in [0.15, 0.2) is 10.9 Å². The fraction of sp³-hybridized carbons (Fsp3) is 0.571. The van der Waals surface area contributed by atoms with Gasteiger partial charge in [-0.05, 0) is 31.2 Å². The van der Waals surface area contributed by atoms with Crippen molar-refractivity contribution in [1.29, 1.82) is 0 Å². The Morgan fingerprint density at radius 2 is 2.27 bits per heavy atom. The number of piperidine rings is 1. The number of amides is 2. The number of halogens is 1. The summed E-state index contributed by atoms with van der Waals surface area (Å²) < 4.78 is 5.46. The van der Waals surface area contributed by atoms with E-state index in [0.717, 1.165) is 12.8 Å². The van der Waals surface area contributed by atoms with Crippen LogP contribution in [0.4, 0.5) is 0 Å². The summed E-state index contributed by atoms with van der Waals surface area (Å²) in [6, 6.07) is 3.47. The van der Waals surface area contributed by atoms with E-state index in [-0.39, 0.29) is 30.1 Å². The van der Waals surface area contributed by atoms with E-state index in [4.69, 9.17) is 10.2 Å². The van der Waals surface area contributed by atoms with Gasteiger partial charge in [0.1, 0.15) is 0 Å². The number of hydrogen-bond donors (Lipinski definition) is 2. The molecular weight excluding hydrogens is 326 g/mol. The predicted octanol–water partition coefficient (Wildman–Crippen LogP) is 1.35. The number of nitrogens with one attached hydrogen (secondary N) is 1. The number of nitrogens with two attached hydrogens (primary N) is 1. The quantitative estimate of drug-likeness (QED) is 0.785. The van der Waals surface area contributed by atoms with Crippen molar-refractivity contribution in [2.45, 2.75) is 17.9 Å². The van der Waals surface area contributed by atoms with Crippen molar-refractivity contribution in [1.82, 2.24) is 10.2 Å². The zero-order chi connectivity index (χ0) is 15.2. The Balaban J connectivity index is 0.00000242. The summed E-state index contributed by atoms with van der Waals surface area (Å²) in [5.41, 5.74) is 5.38. The Morgan fingerprint density at radius 3 is 2.91 bits per heavy atom. The molecule has 22 heavy (non-hydrogen) atoms. The van der Waals surface area contributed by atoms with Crippen LogP contribution in [-0.4, -0.2) is 49.1 Å². The van der Waals surface area contributed by atoms with Gasteiger partial charge in [-0.1, -0.05) is 11.8 Å². The molecule has 0 radical (unpaired) electrons. The summed E-state index contributed by atoms with van der Waals surface area (Å²) >= 11 is 1.45. The van der Waals surface area contributed by atoms with Crippen molar-refractivity contribution >= 4 is 36.0 Å². The van der Waals surface area contributed by atoms with Crippen molar-refractivity contribution in [2.75, 3.05) is 32.4 Å². The second-order valence-corrected chi connectivity index (χ2v) is 5.80. The maximum absolute atomic E-state index is 12.4. The van der Waals surface area contributed by atoms with E-state index in [1.807, 2.05) is 6.26 Å². The molecule has 2 heterocycles. The Kier molecular flexibility index (Phi) is 7.78. The minimum absolute atomic E-state index is 0. The third-order valence-electron chi connectivity index (χ3n) is 3.52. The van der Waals surface area contributed by atoms with Crippen LogP contribution < -0.4 is 11.1 Å². The lowest BCUT2D eigenvalue weighted by Gasteiger charge is -2.31. The fourth-order valence-corrected chi connectivity index (χ4v) is 2.79. The molecule has 6 nitrogen and oxygen atoms in total. The van der Waals surface area contributed by atoms with E-state index >= 15 is 0 Å². The lowest BCUT2D eigenvalue weighted by Crippen LogP contribution is -2.46. The van der Waals surface area contributed by atoms with Crippen LogP contribution in [0, 0.1) is 5.92 Å². The summed E-state index contributed by atoms with van der Waals surface area (Å²) in [6.45, 7) is 1.99. The topological polar surface area (TPSA) is 88.6 Å². The Bertz CT molecular complexity index is 509. The van der Waals surface area contributed by atoms with Crippen molar-refractivity contribution in [3.63, 3.8) is 0 Å². The molecule has 1 unspecified atom stereocenters. The molecule has 1 aliphatic heterocycles. The van der Waals surface area contributed by atoms with Gasteiger partial charge in [0.25, 0.3) is 5.91 Å². The molecule has 1 aromatic heterocycles. The number of carbonyl (C=O) groups is 2. The average Bonchev–Trinajstić information content (AvgIpc) is 3.01. The second-order valence-electron chi connectivity index (χ2n) is 4.99. The minimum atomic E-state index is -0.163. The molecule has 0 bridgehead atoms. The normalized spacial score (nSPS) is 17.7. The molecule has 1 aromatic rings. The zero-order valence-electron chi connectivity index (χ0n) is 12.5. The van der Waals surface area contributed by atoms with Gasteiger partial charge in [0.2, 0.25) is 5.91 Å². The van der Waals surface area contributed by atoms with Crippen LogP contribution >= 0.6 is 24.2 Å². The molecule has 2 amide bonds. The SMILES string of the molecule is CSc1ccc(C(=O)N2CCCC(C(=O)NCCN)C2)o1.Cl. The third-order valence-corrected chi connectivity index (χ3v) is 4.14. The molecule has 0 aromatic carbocycles. The van der Waals surface area contributed by atoms with E-state index in [0.29, 0.717) is 37.0 Å². The van der Waals surface area contributed by atoms with Crippen LogP contribution in [-0.2, 0) is 4.79 Å². The summed E-state index contributed by atoms with van der Waals surface area (Å²) in [7, 11) is 0. The van der Waals surface area contributed by atoms with Crippen molar-refractivity contribution < 1.29 is 14.0 Å². The standard InChI is InChI=1S/C14H21N3O3S.ClH/c1-21-12-5-4-11(20-12)14(19)17-8-2-3-10(9-17)13(18)16-7-6-15;/h4-5,10H,2-3,6-9,15H2,1H3,(H,16,18);1H. The average molecular weight is 348 g/mol. The van der Waals surface area contributed by atoms with E-state index in [1.165, 1.54) is 11.8 Å². The van der Waals surface area contributed by atoms with Crippen molar-refractivity contribution in [3.05, 3.63) is 17.9 Å². The van der Waals surface area contributed by atoms with Crippen LogP contribution in [0.5, 0.6) is 0 Å². The van der Waals surface area contributed by atoms with Crippen LogP contribution in [0.1, 0.15) is 23.4 Å². The lowest BCUT2D eigenvalue weighted by atomic mass is 9.97. The Morgan fingerprint density at radius 1 is 1.50 bits per heavy atom. The van der Waals surface area contributed by atoms with Gasteiger partial charge in [0, 0.05) is 26.2 Å². The third kappa shape index (κ3) is 4.66. The smallest absolute Gasteiger partial charge is 0.289 e. The molecule has 3 N–H and O–H groups in total. The second kappa shape index (κ2) is 9.07. The highest BCUT2D eigenvalue weighted by Gasteiger charge is 2.29. The highest BCUT2D eigenvalue weighted by atomic mass is 35.5. The summed E-state index contributed by atoms with van der Waals surface area (Å²) in [6.07, 6.45) is 3.52. The molecule has 1 aliphatic rings. The number of thioether (sulfide) groups is 1. The highest BCUT2D eigenvalue weighted by molar-refractivity contribution is 7.98. The van der Waals surface area contributed by atoms with Crippen LogP contribution in [0.25, 0.3) is 0 Å². The molecule has 0 saturated carbocycles. The molecule has 8 heteroatoms. The van der Waals surface area contributed by atoms with Gasteiger partial charge in [-0.15, -0.1) is 12.4 Å². The summed E-state index contributed by atoms with van der Waals surface area (Å²) in [4.78, 5) is 26.1. The summed E-state index contributed by atoms with van der Waals surface area (Å²) in [5, 5.41) is 3.50. The number of nitrogens with zero attached hydrogens (tertiary/aromatic N) is 1. The molecule has 1 saturated heterocycles. The van der Waals surface area contributed by atoms with Gasteiger partial charge >= 0.3 is 0 Å². The van der Waals surface area contributed by atoms with Crippen LogP contribution in [0.3, 0.4) is 0 Å². The molecule has 1 fully saturated rings. The van der Waals surface area contributed by atoms with Crippen LogP contribution in [0.15, 0.2) is 21.6 Å². The monoisotopic (exact) mass is 347 g/mol. The number of carbonyl (C=O) groups excluding carboxylic acids is 2. The molecule has 124 valence electrons. The first-order chi connectivity index (χ1) is 10.2. The number of likely N-dealkylation sites (tertiary alicyclic amines) is 1. The van der Waals surface area contributed by atoms with Crippen LogP contribution in [0.2, 0.25) is 0 Å². The minimum Gasteiger partial charge on any atom is -0.445 e. The zero-order valence-corrected chi connectivity index (χ0v) is 14.2. The molecule has 0 aliphatic carbocycles. The molecule has 2 rings (SSSR count). The number of rotatable bonds is 5. The van der Waals surface area contributed by atoms with Crippen molar-refractivity contribution in [3.8, 4) is 0 Å². The van der Waals surface area contributed by atoms with Gasteiger partial charge in [-0.25, -0.2) is 0 Å². The van der Waals surface area contributed by atoms with Gasteiger partial charge in [-0.2, -0.15) is 0 Å². The van der Waals surface area contributed by atoms with Gasteiger partial charge < -0.3 is 20.4 Å². The van der Waals surface area contributed by atoms with Gasteiger partial charge in [-0.3, -0.25) is 9.59 Å². The van der Waals surface area contributed by atoms with E-state index < -0.39 is 0 Å². The summed E-state index contributed by atoms with van der Waals surface area (Å²) in [5.74, 6) is 0.000390. The first-order valence-corrected chi connectivity index (χ1v) is 8.29. The largest absolute Gasteiger partial charge is 0.445 e. The van der Waals surface area contributed by atoms with E-state index in [2.05, 4.69) is 5.32 Å². The first-order valence-electron chi connectivity index (χ1n) is 7.06. The highest BCUT2D eigenvalue weighted by Crippen LogP contribution is 2.22. The van der Waals surface area contributed by atoms with Crippen molar-refractivity contribution in [2.24, 2.45) is 11.7 Å². The first kappa shape index (κ1) is 18.9. The number of furan rings is 1. The van der Waals surface area contributed by atoms with E-state index in [1.54, 1.807) is 17.0 Å². The molecular formula is C14H22ClN3O3S. The lowest BCUT2D eigenvalue weighted by molar-refractivity contribution is -0.126. The number of hydrogen-bond acceptors (Lipinski definition) is 5. The molecule has 1 atom stereocenters.